The normalized spacial score (nSPS) is 11.8. The summed E-state index contributed by atoms with van der Waals surface area (Å²) in [6.45, 7) is 6.90. The van der Waals surface area contributed by atoms with E-state index in [1.54, 1.807) is 0 Å². The van der Waals surface area contributed by atoms with Crippen LogP contribution in [-0.2, 0) is 5.41 Å². The van der Waals surface area contributed by atoms with Crippen LogP contribution in [0.1, 0.15) is 26.3 Å². The molecule has 0 nitrogen and oxygen atoms in total. The topological polar surface area (TPSA) is 0 Å². The van der Waals surface area contributed by atoms with Gasteiger partial charge in [-0.15, -0.1) is 0 Å². The lowest BCUT2D eigenvalue weighted by atomic mass is 9.81. The highest BCUT2D eigenvalue weighted by Crippen LogP contribution is 2.45. The lowest BCUT2D eigenvalue weighted by Crippen LogP contribution is -2.10. The molecule has 0 atom stereocenters. The molecule has 0 amide bonds. The predicted octanol–water partition coefficient (Wildman–Crippen LogP) is 14.9. The maximum atomic E-state index is 2.44. The van der Waals surface area contributed by atoms with Crippen molar-refractivity contribution in [3.05, 3.63) is 194 Å². The van der Waals surface area contributed by atoms with Crippen molar-refractivity contribution in [1.29, 1.82) is 0 Å². The van der Waals surface area contributed by atoms with Crippen LogP contribution in [0.25, 0.3) is 86.9 Å². The van der Waals surface area contributed by atoms with Crippen LogP contribution in [-0.4, -0.2) is 0 Å². The fourth-order valence-electron chi connectivity index (χ4n) is 7.84. The maximum absolute atomic E-state index is 2.44. The zero-order chi connectivity index (χ0) is 35.2. The molecule has 0 unspecified atom stereocenters. The summed E-state index contributed by atoms with van der Waals surface area (Å²) in [6.07, 6.45) is 0. The van der Waals surface area contributed by atoms with Crippen molar-refractivity contribution in [1.82, 2.24) is 0 Å². The third-order valence-electron chi connectivity index (χ3n) is 10.6. The summed E-state index contributed by atoms with van der Waals surface area (Å²) in [7, 11) is 0. The first kappa shape index (κ1) is 31.7. The summed E-state index contributed by atoms with van der Waals surface area (Å²) >= 11 is 0. The lowest BCUT2D eigenvalue weighted by Gasteiger charge is -2.23. The number of hydrogen-bond donors (Lipinski definition) is 0. The Bertz CT molecular complexity index is 2830. The Kier molecular flexibility index (Phi) is 7.82. The van der Waals surface area contributed by atoms with Gasteiger partial charge >= 0.3 is 0 Å². The molecule has 0 saturated heterocycles. The molecule has 10 aromatic carbocycles. The van der Waals surface area contributed by atoms with Gasteiger partial charge in [-0.05, 0) is 128 Å². The highest BCUT2D eigenvalue weighted by molar-refractivity contribution is 6.22. The van der Waals surface area contributed by atoms with Crippen LogP contribution in [0.4, 0.5) is 0 Å². The number of rotatable bonds is 2. The molecule has 0 N–H and O–H groups in total. The van der Waals surface area contributed by atoms with E-state index in [9.17, 15) is 0 Å². The van der Waals surface area contributed by atoms with Gasteiger partial charge in [0.1, 0.15) is 0 Å². The predicted molar refractivity (Wildman–Crippen MR) is 227 cm³/mol. The Morgan fingerprint density at radius 2 is 0.615 bits per heavy atom. The first-order chi connectivity index (χ1) is 25.4. The van der Waals surface area contributed by atoms with E-state index >= 15 is 0 Å². The second-order valence-electron chi connectivity index (χ2n) is 15.0. The maximum Gasteiger partial charge on any atom is -0.00260 e. The van der Waals surface area contributed by atoms with Gasteiger partial charge in [0.15, 0.2) is 0 Å². The minimum absolute atomic E-state index is 0.0591. The molecule has 248 valence electrons. The molecular weight excluding hydrogens is 625 g/mol. The van der Waals surface area contributed by atoms with Gasteiger partial charge in [-0.2, -0.15) is 0 Å². The Morgan fingerprint density at radius 3 is 1.04 bits per heavy atom. The minimum atomic E-state index is 0.0591. The van der Waals surface area contributed by atoms with Crippen molar-refractivity contribution in [3.8, 4) is 22.3 Å². The third-order valence-corrected chi connectivity index (χ3v) is 10.6. The summed E-state index contributed by atoms with van der Waals surface area (Å²) in [5.41, 5.74) is 6.57. The Hall–Kier alpha value is -6.24. The second-order valence-corrected chi connectivity index (χ2v) is 15.0. The fourth-order valence-corrected chi connectivity index (χ4v) is 7.84. The largest absolute Gasteiger partial charge is 0.0616 e. The molecule has 0 aliphatic carbocycles. The minimum Gasteiger partial charge on any atom is -0.0616 e. The zero-order valence-corrected chi connectivity index (χ0v) is 29.9. The third kappa shape index (κ3) is 5.77. The van der Waals surface area contributed by atoms with Crippen LogP contribution in [0, 0.1) is 0 Å². The molecular formula is C52H40. The Morgan fingerprint density at radius 1 is 0.269 bits per heavy atom. The Balaban J connectivity index is 0.000000214. The van der Waals surface area contributed by atoms with Crippen LogP contribution >= 0.6 is 0 Å². The average Bonchev–Trinajstić information content (AvgIpc) is 3.18. The van der Waals surface area contributed by atoms with Crippen molar-refractivity contribution in [2.75, 3.05) is 0 Å². The van der Waals surface area contributed by atoms with Gasteiger partial charge < -0.3 is 0 Å². The summed E-state index contributed by atoms with van der Waals surface area (Å²) in [5, 5.41) is 15.5. The molecule has 0 aromatic heterocycles. The number of fused-ring (bicyclic) bond motifs is 6. The lowest BCUT2D eigenvalue weighted by molar-refractivity contribution is 0.591. The number of hydrogen-bond acceptors (Lipinski definition) is 0. The van der Waals surface area contributed by atoms with Crippen molar-refractivity contribution in [2.24, 2.45) is 0 Å². The molecule has 0 fully saturated rings. The molecule has 10 rings (SSSR count). The molecule has 52 heavy (non-hydrogen) atoms. The quantitative estimate of drug-likeness (QED) is 0.161. The van der Waals surface area contributed by atoms with Crippen LogP contribution < -0.4 is 0 Å². The van der Waals surface area contributed by atoms with Crippen LogP contribution in [0.15, 0.2) is 188 Å². The molecule has 0 heterocycles. The van der Waals surface area contributed by atoms with Crippen LogP contribution in [0.5, 0.6) is 0 Å². The molecule has 10 aromatic rings. The SMILES string of the molecule is CC(C)(C)c1ccc2c(-c3ccc4ccccc4c3)c3ccccc3c(-c3ccc4ccccc4c3)c2c1.c1ccc2cc3ccccc3cc2c1. The molecule has 0 saturated carbocycles. The summed E-state index contributed by atoms with van der Waals surface area (Å²) in [4.78, 5) is 0. The average molecular weight is 665 g/mol. The summed E-state index contributed by atoms with van der Waals surface area (Å²) < 4.78 is 0. The van der Waals surface area contributed by atoms with E-state index in [1.165, 1.54) is 92.5 Å². The molecule has 0 bridgehead atoms. The van der Waals surface area contributed by atoms with Gasteiger partial charge in [0.05, 0.1) is 0 Å². The molecule has 0 heteroatoms. The van der Waals surface area contributed by atoms with Gasteiger partial charge in [-0.1, -0.05) is 178 Å². The van der Waals surface area contributed by atoms with Gasteiger partial charge in [-0.25, -0.2) is 0 Å². The van der Waals surface area contributed by atoms with Crippen molar-refractivity contribution in [3.63, 3.8) is 0 Å². The van der Waals surface area contributed by atoms with Gasteiger partial charge in [0, 0.05) is 0 Å². The van der Waals surface area contributed by atoms with Gasteiger partial charge in [-0.3, -0.25) is 0 Å². The highest BCUT2D eigenvalue weighted by atomic mass is 14.2. The van der Waals surface area contributed by atoms with E-state index in [4.69, 9.17) is 0 Å². The van der Waals surface area contributed by atoms with Crippen LogP contribution in [0.2, 0.25) is 0 Å². The van der Waals surface area contributed by atoms with E-state index in [0.29, 0.717) is 0 Å². The first-order valence-electron chi connectivity index (χ1n) is 18.3. The van der Waals surface area contributed by atoms with E-state index in [2.05, 4.69) is 209 Å². The summed E-state index contributed by atoms with van der Waals surface area (Å²) in [6, 6.07) is 68.6. The molecule has 0 aliphatic rings. The molecule has 0 aliphatic heterocycles. The smallest absolute Gasteiger partial charge is 0.00260 e. The first-order valence-corrected chi connectivity index (χ1v) is 18.3. The van der Waals surface area contributed by atoms with Crippen molar-refractivity contribution >= 4 is 64.6 Å². The standard InChI is InChI=1S/C38H30.C14H10/c1-38(2,3)31-20-21-34-35(24-31)37(30-19-17-26-11-5-7-13-28(26)23-30)33-15-9-8-14-32(33)36(34)29-18-16-25-10-4-6-12-27(25)22-29;1-2-6-12-10-14-8-4-3-7-13(14)9-11(12)5-1/h4-24H,1-3H3;1-10H. The molecule has 0 spiro atoms. The summed E-state index contributed by atoms with van der Waals surface area (Å²) in [5.74, 6) is 0. The van der Waals surface area contributed by atoms with Gasteiger partial charge in [0.25, 0.3) is 0 Å². The van der Waals surface area contributed by atoms with Crippen molar-refractivity contribution < 1.29 is 0 Å². The Labute approximate surface area is 305 Å². The van der Waals surface area contributed by atoms with E-state index < -0.39 is 0 Å². The monoisotopic (exact) mass is 664 g/mol. The number of benzene rings is 10. The van der Waals surface area contributed by atoms with Gasteiger partial charge in [0.2, 0.25) is 0 Å². The van der Waals surface area contributed by atoms with Crippen molar-refractivity contribution in [2.45, 2.75) is 26.2 Å². The fraction of sp³-hybridized carbons (Fsp3) is 0.0769. The van der Waals surface area contributed by atoms with E-state index in [-0.39, 0.29) is 5.41 Å². The highest BCUT2D eigenvalue weighted by Gasteiger charge is 2.20. The van der Waals surface area contributed by atoms with E-state index in [0.717, 1.165) is 0 Å². The molecule has 0 radical (unpaired) electrons. The zero-order valence-electron chi connectivity index (χ0n) is 29.9. The second kappa shape index (κ2) is 12.8. The van der Waals surface area contributed by atoms with E-state index in [1.807, 2.05) is 0 Å². The van der Waals surface area contributed by atoms with Crippen LogP contribution in [0.3, 0.4) is 0 Å².